The average Bonchev–Trinajstić information content (AvgIpc) is 3.10. The Morgan fingerprint density at radius 1 is 1.04 bits per heavy atom. The lowest BCUT2D eigenvalue weighted by molar-refractivity contribution is -0.139. The topological polar surface area (TPSA) is 41.9 Å². The minimum atomic E-state index is -0.528. The number of nitrogens with zero attached hydrogens (tertiary/aromatic N) is 2. The maximum absolute atomic E-state index is 12.1. The monoisotopic (exact) mass is 318 g/mol. The van der Waals surface area contributed by atoms with Crippen molar-refractivity contribution in [2.24, 2.45) is 5.16 Å². The molecule has 1 aliphatic rings. The van der Waals surface area contributed by atoms with Crippen molar-refractivity contribution in [2.45, 2.75) is 12.5 Å². The highest BCUT2D eigenvalue weighted by molar-refractivity contribution is 6.19. The molecule has 4 nitrogen and oxygen atoms in total. The van der Waals surface area contributed by atoms with E-state index in [2.05, 4.69) is 41.6 Å². The average molecular weight is 318 g/mol. The van der Waals surface area contributed by atoms with Gasteiger partial charge in [0, 0.05) is 26.1 Å². The van der Waals surface area contributed by atoms with Gasteiger partial charge in [-0.3, -0.25) is 4.79 Å². The van der Waals surface area contributed by atoms with Crippen LogP contribution in [0, 0.1) is 0 Å². The van der Waals surface area contributed by atoms with Crippen LogP contribution in [0.4, 0.5) is 0 Å². The van der Waals surface area contributed by atoms with E-state index in [1.54, 1.807) is 19.0 Å². The number of hydrogen-bond acceptors (Lipinski definition) is 3. The molecule has 0 radical (unpaired) electrons. The summed E-state index contributed by atoms with van der Waals surface area (Å²) < 4.78 is 0. The molecule has 1 heterocycles. The van der Waals surface area contributed by atoms with Crippen LogP contribution >= 0.6 is 0 Å². The van der Waals surface area contributed by atoms with Crippen molar-refractivity contribution in [2.75, 3.05) is 14.1 Å². The Hall–Kier alpha value is -2.88. The molecular weight excluding hydrogens is 300 g/mol. The van der Waals surface area contributed by atoms with Crippen molar-refractivity contribution in [3.05, 3.63) is 60.2 Å². The van der Waals surface area contributed by atoms with Crippen LogP contribution in [0.3, 0.4) is 0 Å². The van der Waals surface area contributed by atoms with E-state index in [1.165, 1.54) is 10.8 Å². The van der Waals surface area contributed by atoms with Crippen LogP contribution in [-0.2, 0) is 9.63 Å². The predicted molar refractivity (Wildman–Crippen MR) is 96.2 cm³/mol. The van der Waals surface area contributed by atoms with Crippen molar-refractivity contribution in [1.29, 1.82) is 0 Å². The Kier molecular flexibility index (Phi) is 3.45. The van der Waals surface area contributed by atoms with Crippen molar-refractivity contribution in [3.63, 3.8) is 0 Å². The first-order chi connectivity index (χ1) is 11.6. The van der Waals surface area contributed by atoms with E-state index in [1.807, 2.05) is 18.2 Å². The third-order valence-electron chi connectivity index (χ3n) is 4.46. The molecule has 3 aromatic carbocycles. The van der Waals surface area contributed by atoms with Gasteiger partial charge in [-0.05, 0) is 27.6 Å². The highest BCUT2D eigenvalue weighted by Crippen LogP contribution is 2.31. The zero-order chi connectivity index (χ0) is 16.7. The lowest BCUT2D eigenvalue weighted by Gasteiger charge is -2.14. The van der Waals surface area contributed by atoms with Gasteiger partial charge in [0.25, 0.3) is 5.91 Å². The number of oxime groups is 1. The summed E-state index contributed by atoms with van der Waals surface area (Å²) in [6.07, 6.45) is -0.0282. The van der Waals surface area contributed by atoms with Gasteiger partial charge in [-0.15, -0.1) is 0 Å². The molecule has 4 rings (SSSR count). The lowest BCUT2D eigenvalue weighted by Crippen LogP contribution is -2.33. The van der Waals surface area contributed by atoms with Crippen LogP contribution in [-0.4, -0.2) is 36.7 Å². The number of benzene rings is 3. The standard InChI is InChI=1S/C20H18N2O2/c1-22(2)20(23)19-12-18(21-24-19)17-11-13-7-3-4-8-14(13)15-9-5-6-10-16(15)17/h3-11,19H,12H2,1-2H3. The number of fused-ring (bicyclic) bond motifs is 3. The van der Waals surface area contributed by atoms with Crippen molar-refractivity contribution < 1.29 is 9.63 Å². The zero-order valence-electron chi connectivity index (χ0n) is 13.7. The van der Waals surface area contributed by atoms with Crippen LogP contribution in [0.15, 0.2) is 59.8 Å². The van der Waals surface area contributed by atoms with Gasteiger partial charge in [0.1, 0.15) is 0 Å². The van der Waals surface area contributed by atoms with Crippen LogP contribution in [0.25, 0.3) is 21.5 Å². The molecule has 0 saturated heterocycles. The molecule has 0 bridgehead atoms. The molecule has 24 heavy (non-hydrogen) atoms. The second-order valence-electron chi connectivity index (χ2n) is 6.26. The SMILES string of the molecule is CN(C)C(=O)C1CC(c2cc3ccccc3c3ccccc23)=NO1. The summed E-state index contributed by atoms with van der Waals surface area (Å²) in [6.45, 7) is 0. The summed E-state index contributed by atoms with van der Waals surface area (Å²) in [5, 5.41) is 8.93. The van der Waals surface area contributed by atoms with Gasteiger partial charge in [-0.25, -0.2) is 0 Å². The third-order valence-corrected chi connectivity index (χ3v) is 4.46. The lowest BCUT2D eigenvalue weighted by atomic mass is 9.93. The number of likely N-dealkylation sites (N-methyl/N-ethyl adjacent to an activating group) is 1. The summed E-state index contributed by atoms with van der Waals surface area (Å²) in [5.41, 5.74) is 1.87. The van der Waals surface area contributed by atoms with E-state index in [-0.39, 0.29) is 5.91 Å². The largest absolute Gasteiger partial charge is 0.382 e. The van der Waals surface area contributed by atoms with E-state index < -0.39 is 6.10 Å². The number of carbonyl (C=O) groups excluding carboxylic acids is 1. The van der Waals surface area contributed by atoms with E-state index in [9.17, 15) is 4.79 Å². The maximum Gasteiger partial charge on any atom is 0.266 e. The third kappa shape index (κ3) is 2.31. The molecule has 0 aliphatic carbocycles. The van der Waals surface area contributed by atoms with E-state index in [0.717, 1.165) is 22.0 Å². The first-order valence-electron chi connectivity index (χ1n) is 8.00. The number of carbonyl (C=O) groups is 1. The summed E-state index contributed by atoms with van der Waals surface area (Å²) in [7, 11) is 3.46. The molecule has 0 spiro atoms. The van der Waals surface area contributed by atoms with Crippen molar-refractivity contribution >= 4 is 33.2 Å². The smallest absolute Gasteiger partial charge is 0.266 e. The fourth-order valence-corrected chi connectivity index (χ4v) is 3.25. The highest BCUT2D eigenvalue weighted by Gasteiger charge is 2.30. The van der Waals surface area contributed by atoms with Gasteiger partial charge in [0.15, 0.2) is 0 Å². The minimum Gasteiger partial charge on any atom is -0.382 e. The van der Waals surface area contributed by atoms with E-state index in [0.29, 0.717) is 6.42 Å². The minimum absolute atomic E-state index is 0.0566. The molecule has 1 unspecified atom stereocenters. The van der Waals surface area contributed by atoms with Gasteiger partial charge in [0.2, 0.25) is 6.10 Å². The molecule has 1 atom stereocenters. The van der Waals surface area contributed by atoms with Crippen LogP contribution in [0.1, 0.15) is 12.0 Å². The van der Waals surface area contributed by atoms with Gasteiger partial charge >= 0.3 is 0 Å². The molecule has 0 saturated carbocycles. The molecule has 1 amide bonds. The second kappa shape index (κ2) is 5.64. The number of hydrogen-bond donors (Lipinski definition) is 0. The molecule has 0 aromatic heterocycles. The van der Waals surface area contributed by atoms with Gasteiger partial charge < -0.3 is 9.74 Å². The molecule has 0 fully saturated rings. The van der Waals surface area contributed by atoms with Crippen LogP contribution < -0.4 is 0 Å². The Morgan fingerprint density at radius 2 is 1.71 bits per heavy atom. The number of rotatable bonds is 2. The molecule has 0 N–H and O–H groups in total. The summed E-state index contributed by atoms with van der Waals surface area (Å²) in [6, 6.07) is 18.8. The van der Waals surface area contributed by atoms with Gasteiger partial charge in [0.05, 0.1) is 5.71 Å². The van der Waals surface area contributed by atoms with Crippen molar-refractivity contribution in [1.82, 2.24) is 4.90 Å². The van der Waals surface area contributed by atoms with Crippen molar-refractivity contribution in [3.8, 4) is 0 Å². The Morgan fingerprint density at radius 3 is 2.46 bits per heavy atom. The second-order valence-corrected chi connectivity index (χ2v) is 6.26. The van der Waals surface area contributed by atoms with Gasteiger partial charge in [-0.2, -0.15) is 0 Å². The van der Waals surface area contributed by atoms with Crippen LogP contribution in [0.5, 0.6) is 0 Å². The Labute approximate surface area is 140 Å². The first-order valence-corrected chi connectivity index (χ1v) is 8.00. The normalized spacial score (nSPS) is 16.9. The predicted octanol–water partition coefficient (Wildman–Crippen LogP) is 3.57. The molecular formula is C20H18N2O2. The van der Waals surface area contributed by atoms with Crippen LogP contribution in [0.2, 0.25) is 0 Å². The summed E-state index contributed by atoms with van der Waals surface area (Å²) in [5.74, 6) is -0.0566. The summed E-state index contributed by atoms with van der Waals surface area (Å²) >= 11 is 0. The maximum atomic E-state index is 12.1. The summed E-state index contributed by atoms with van der Waals surface area (Å²) in [4.78, 5) is 19.1. The fraction of sp³-hybridized carbons (Fsp3) is 0.200. The Bertz CT molecular complexity index is 976. The fourth-order valence-electron chi connectivity index (χ4n) is 3.25. The molecule has 1 aliphatic heterocycles. The zero-order valence-corrected chi connectivity index (χ0v) is 13.7. The highest BCUT2D eigenvalue weighted by atomic mass is 16.6. The molecule has 4 heteroatoms. The number of amides is 1. The van der Waals surface area contributed by atoms with E-state index in [4.69, 9.17) is 4.84 Å². The van der Waals surface area contributed by atoms with E-state index >= 15 is 0 Å². The van der Waals surface area contributed by atoms with Gasteiger partial charge in [-0.1, -0.05) is 53.7 Å². The quantitative estimate of drug-likeness (QED) is 0.678. The Balaban J connectivity index is 1.83. The first kappa shape index (κ1) is 14.7. The molecule has 120 valence electrons. The molecule has 3 aromatic rings.